The molecule has 1 aliphatic rings. The van der Waals surface area contributed by atoms with Gasteiger partial charge in [-0.2, -0.15) is 5.26 Å². The first kappa shape index (κ1) is 9.44. The molecule has 0 saturated carbocycles. The van der Waals surface area contributed by atoms with Crippen LogP contribution in [0.3, 0.4) is 0 Å². The molecule has 16 heavy (non-hydrogen) atoms. The summed E-state index contributed by atoms with van der Waals surface area (Å²) in [5.41, 5.74) is 2.94. The molecule has 80 valence electrons. The average molecular weight is 212 g/mol. The average Bonchev–Trinajstić information content (AvgIpc) is 2.96. The van der Waals surface area contributed by atoms with Crippen LogP contribution in [0, 0.1) is 11.3 Å². The number of ether oxygens (including phenoxy) is 1. The minimum absolute atomic E-state index is 0.475. The molecule has 3 rings (SSSR count). The first-order valence-electron chi connectivity index (χ1n) is 5.48. The topological polar surface area (TPSA) is 48.8 Å². The second kappa shape index (κ2) is 3.66. The van der Waals surface area contributed by atoms with Gasteiger partial charge in [-0.15, -0.1) is 0 Å². The number of rotatable bonds is 1. The molecule has 1 fully saturated rings. The zero-order chi connectivity index (χ0) is 11.0. The van der Waals surface area contributed by atoms with Crippen molar-refractivity contribution in [2.24, 2.45) is 0 Å². The van der Waals surface area contributed by atoms with Crippen LogP contribution >= 0.6 is 0 Å². The van der Waals surface area contributed by atoms with Crippen LogP contribution in [-0.4, -0.2) is 18.2 Å². The van der Waals surface area contributed by atoms with Crippen molar-refractivity contribution in [3.63, 3.8) is 0 Å². The summed E-state index contributed by atoms with van der Waals surface area (Å²) >= 11 is 0. The summed E-state index contributed by atoms with van der Waals surface area (Å²) in [7, 11) is 0. The van der Waals surface area contributed by atoms with Crippen molar-refractivity contribution in [1.82, 2.24) is 4.98 Å². The quantitative estimate of drug-likeness (QED) is 0.789. The van der Waals surface area contributed by atoms with Crippen LogP contribution in [0.1, 0.15) is 23.5 Å². The van der Waals surface area contributed by atoms with Gasteiger partial charge >= 0.3 is 0 Å². The van der Waals surface area contributed by atoms with Gasteiger partial charge in [0.05, 0.1) is 17.7 Å². The number of para-hydroxylation sites is 1. The van der Waals surface area contributed by atoms with Crippen molar-refractivity contribution in [3.8, 4) is 6.07 Å². The Labute approximate surface area is 93.6 Å². The highest BCUT2D eigenvalue weighted by Gasteiger charge is 2.21. The second-order valence-electron chi connectivity index (χ2n) is 4.14. The molecule has 0 aliphatic carbocycles. The standard InChI is InChI=1S/C13H12N2O/c14-6-9-2-1-3-11-12(7-15-13(9)11)10-4-5-16-8-10/h1-3,7,10,15H,4-5,8H2. The van der Waals surface area contributed by atoms with E-state index in [1.54, 1.807) is 0 Å². The predicted octanol–water partition coefficient (Wildman–Crippen LogP) is 2.54. The Morgan fingerprint density at radius 1 is 1.44 bits per heavy atom. The summed E-state index contributed by atoms with van der Waals surface area (Å²) in [6, 6.07) is 8.06. The molecule has 2 aromatic rings. The largest absolute Gasteiger partial charge is 0.381 e. The van der Waals surface area contributed by atoms with E-state index in [4.69, 9.17) is 10.00 Å². The van der Waals surface area contributed by atoms with E-state index in [9.17, 15) is 0 Å². The van der Waals surface area contributed by atoms with Crippen LogP contribution in [0.4, 0.5) is 0 Å². The van der Waals surface area contributed by atoms with Crippen molar-refractivity contribution in [2.45, 2.75) is 12.3 Å². The number of hydrogen-bond acceptors (Lipinski definition) is 2. The summed E-state index contributed by atoms with van der Waals surface area (Å²) in [6.45, 7) is 1.64. The first-order valence-corrected chi connectivity index (χ1v) is 5.48. The van der Waals surface area contributed by atoms with E-state index in [1.165, 1.54) is 5.56 Å². The van der Waals surface area contributed by atoms with Crippen molar-refractivity contribution < 1.29 is 4.74 Å². The number of benzene rings is 1. The van der Waals surface area contributed by atoms with Gasteiger partial charge in [-0.05, 0) is 18.1 Å². The molecule has 1 aromatic heterocycles. The fraction of sp³-hybridized carbons (Fsp3) is 0.308. The minimum atomic E-state index is 0.475. The molecule has 1 atom stereocenters. The molecule has 1 N–H and O–H groups in total. The molecule has 1 aromatic carbocycles. The molecule has 0 bridgehead atoms. The SMILES string of the molecule is N#Cc1cccc2c(C3CCOC3)c[nH]c12. The fourth-order valence-corrected chi connectivity index (χ4v) is 2.39. The Balaban J connectivity index is 2.17. The molecule has 1 saturated heterocycles. The van der Waals surface area contributed by atoms with Crippen LogP contribution in [0.15, 0.2) is 24.4 Å². The summed E-state index contributed by atoms with van der Waals surface area (Å²) in [6.07, 6.45) is 3.09. The lowest BCUT2D eigenvalue weighted by atomic mass is 9.97. The highest BCUT2D eigenvalue weighted by atomic mass is 16.5. The maximum atomic E-state index is 9.02. The van der Waals surface area contributed by atoms with Crippen LogP contribution in [0.5, 0.6) is 0 Å². The zero-order valence-corrected chi connectivity index (χ0v) is 8.86. The fourth-order valence-electron chi connectivity index (χ4n) is 2.39. The van der Waals surface area contributed by atoms with Gasteiger partial charge in [-0.3, -0.25) is 0 Å². The Kier molecular flexibility index (Phi) is 2.16. The lowest BCUT2D eigenvalue weighted by molar-refractivity contribution is 0.194. The van der Waals surface area contributed by atoms with E-state index in [0.29, 0.717) is 11.5 Å². The third-order valence-corrected chi connectivity index (χ3v) is 3.24. The monoisotopic (exact) mass is 212 g/mol. The Bertz CT molecular complexity index is 559. The number of nitriles is 1. The van der Waals surface area contributed by atoms with Gasteiger partial charge in [0.1, 0.15) is 6.07 Å². The molecule has 3 heteroatoms. The van der Waals surface area contributed by atoms with Crippen molar-refractivity contribution >= 4 is 10.9 Å². The molecule has 0 spiro atoms. The number of H-pyrrole nitrogens is 1. The van der Waals surface area contributed by atoms with Gasteiger partial charge in [0.15, 0.2) is 0 Å². The third-order valence-electron chi connectivity index (χ3n) is 3.24. The lowest BCUT2D eigenvalue weighted by Gasteiger charge is -2.05. The van der Waals surface area contributed by atoms with Gasteiger partial charge in [0.25, 0.3) is 0 Å². The first-order chi connectivity index (χ1) is 7.90. The number of nitrogens with one attached hydrogen (secondary N) is 1. The number of fused-ring (bicyclic) bond motifs is 1. The summed E-state index contributed by atoms with van der Waals surface area (Å²) in [5.74, 6) is 0.475. The summed E-state index contributed by atoms with van der Waals surface area (Å²) in [4.78, 5) is 3.21. The van der Waals surface area contributed by atoms with Gasteiger partial charge < -0.3 is 9.72 Å². The molecule has 1 unspecified atom stereocenters. The Morgan fingerprint density at radius 3 is 3.12 bits per heavy atom. The van der Waals surface area contributed by atoms with Crippen molar-refractivity contribution in [1.29, 1.82) is 5.26 Å². The van der Waals surface area contributed by atoms with Crippen molar-refractivity contribution in [2.75, 3.05) is 13.2 Å². The predicted molar refractivity (Wildman–Crippen MR) is 61.2 cm³/mol. The van der Waals surface area contributed by atoms with Crippen LogP contribution in [0.25, 0.3) is 10.9 Å². The number of hydrogen-bond donors (Lipinski definition) is 1. The molecule has 2 heterocycles. The molecule has 0 amide bonds. The minimum Gasteiger partial charge on any atom is -0.381 e. The van der Waals surface area contributed by atoms with Crippen LogP contribution < -0.4 is 0 Å². The van der Waals surface area contributed by atoms with Gasteiger partial charge in [0.2, 0.25) is 0 Å². The molecular weight excluding hydrogens is 200 g/mol. The van der Waals surface area contributed by atoms with Crippen LogP contribution in [-0.2, 0) is 4.74 Å². The molecule has 0 radical (unpaired) electrons. The second-order valence-corrected chi connectivity index (χ2v) is 4.14. The maximum absolute atomic E-state index is 9.02. The van der Waals surface area contributed by atoms with Gasteiger partial charge in [-0.1, -0.05) is 12.1 Å². The lowest BCUT2D eigenvalue weighted by Crippen LogP contribution is -1.95. The molecular formula is C13H12N2O. The highest BCUT2D eigenvalue weighted by molar-refractivity contribution is 5.88. The van der Waals surface area contributed by atoms with E-state index >= 15 is 0 Å². The third kappa shape index (κ3) is 1.31. The van der Waals surface area contributed by atoms with Crippen molar-refractivity contribution in [3.05, 3.63) is 35.5 Å². The number of aromatic amines is 1. The summed E-state index contributed by atoms with van der Waals surface area (Å²) in [5, 5.41) is 10.2. The number of nitrogens with zero attached hydrogens (tertiary/aromatic N) is 1. The summed E-state index contributed by atoms with van der Waals surface area (Å²) < 4.78 is 5.41. The van der Waals surface area contributed by atoms with E-state index in [0.717, 1.165) is 30.5 Å². The van der Waals surface area contributed by atoms with E-state index < -0.39 is 0 Å². The van der Waals surface area contributed by atoms with Gasteiger partial charge in [0, 0.05) is 24.1 Å². The van der Waals surface area contributed by atoms with E-state index in [2.05, 4.69) is 17.1 Å². The van der Waals surface area contributed by atoms with Gasteiger partial charge in [-0.25, -0.2) is 0 Å². The Morgan fingerprint density at radius 2 is 2.38 bits per heavy atom. The Hall–Kier alpha value is -1.79. The smallest absolute Gasteiger partial charge is 0.101 e. The van der Waals surface area contributed by atoms with E-state index in [-0.39, 0.29) is 0 Å². The normalized spacial score (nSPS) is 20.1. The maximum Gasteiger partial charge on any atom is 0.101 e. The number of aromatic nitrogens is 1. The highest BCUT2D eigenvalue weighted by Crippen LogP contribution is 2.32. The van der Waals surface area contributed by atoms with Crippen LogP contribution in [0.2, 0.25) is 0 Å². The zero-order valence-electron chi connectivity index (χ0n) is 8.86. The molecule has 3 nitrogen and oxygen atoms in total. The van der Waals surface area contributed by atoms with E-state index in [1.807, 2.05) is 18.3 Å². The molecule has 1 aliphatic heterocycles.